The fraction of sp³-hybridized carbons (Fsp3) is 0.450. The smallest absolute Gasteiger partial charge is 0.191 e. The summed E-state index contributed by atoms with van der Waals surface area (Å²) in [6.07, 6.45) is 0.802. The molecule has 148 valence electrons. The van der Waals surface area contributed by atoms with Crippen molar-refractivity contribution in [1.82, 2.24) is 10.6 Å². The summed E-state index contributed by atoms with van der Waals surface area (Å²) in [4.78, 5) is 4.60. The van der Waals surface area contributed by atoms with E-state index in [1.165, 1.54) is 0 Å². The van der Waals surface area contributed by atoms with Gasteiger partial charge in [0.25, 0.3) is 0 Å². The van der Waals surface area contributed by atoms with Crippen LogP contribution in [-0.4, -0.2) is 44.5 Å². The first-order chi connectivity index (χ1) is 13.1. The molecule has 1 heterocycles. The highest BCUT2D eigenvalue weighted by atomic mass is 16.5. The molecule has 2 aromatic rings. The number of nitrogens with one attached hydrogen (secondary N) is 2. The lowest BCUT2D eigenvalue weighted by atomic mass is 10.1. The number of aliphatic hydroxyl groups is 1. The predicted octanol–water partition coefficient (Wildman–Crippen LogP) is 2.40. The number of aliphatic imine (C=N–C) groups is 1. The number of hydrogen-bond donors (Lipinski definition) is 3. The van der Waals surface area contributed by atoms with Gasteiger partial charge in [-0.05, 0) is 37.6 Å². The lowest BCUT2D eigenvalue weighted by molar-refractivity contribution is 0.145. The Hall–Kier alpha value is -2.51. The Labute approximate surface area is 160 Å². The van der Waals surface area contributed by atoms with Crippen molar-refractivity contribution in [3.8, 4) is 5.75 Å². The Bertz CT molecular complexity index is 701. The second-order valence-corrected chi connectivity index (χ2v) is 6.06. The number of nitrogens with zero attached hydrogens (tertiary/aromatic N) is 1. The maximum atomic E-state index is 10.1. The topological polar surface area (TPSA) is 88.3 Å². The van der Waals surface area contributed by atoms with Gasteiger partial charge in [0, 0.05) is 19.2 Å². The molecule has 7 nitrogen and oxygen atoms in total. The molecule has 27 heavy (non-hydrogen) atoms. The highest BCUT2D eigenvalue weighted by Gasteiger charge is 2.11. The molecule has 3 N–H and O–H groups in total. The minimum absolute atomic E-state index is 0.296. The molecule has 0 spiro atoms. The lowest BCUT2D eigenvalue weighted by Gasteiger charge is -2.15. The van der Waals surface area contributed by atoms with Crippen LogP contribution in [0.15, 0.2) is 46.0 Å². The number of ether oxygens (including phenoxy) is 2. The van der Waals surface area contributed by atoms with Crippen molar-refractivity contribution in [2.24, 2.45) is 4.99 Å². The molecule has 1 aromatic carbocycles. The summed E-state index contributed by atoms with van der Waals surface area (Å²) in [5, 5.41) is 16.4. The standard InChI is InChI=1S/C20H29N3O4/c1-4-21-20(23-14-17(24)18-6-5-9-26-18)22-13-16-8-7-15(2)12-19(16)27-11-10-25-3/h5-9,12,17,24H,4,10-11,13-14H2,1-3H3,(H2,21,22,23). The van der Waals surface area contributed by atoms with Crippen LogP contribution in [-0.2, 0) is 11.3 Å². The van der Waals surface area contributed by atoms with E-state index in [4.69, 9.17) is 13.9 Å². The number of rotatable bonds is 10. The van der Waals surface area contributed by atoms with Crippen molar-refractivity contribution >= 4 is 5.96 Å². The van der Waals surface area contributed by atoms with Crippen LogP contribution in [0.25, 0.3) is 0 Å². The van der Waals surface area contributed by atoms with E-state index in [-0.39, 0.29) is 0 Å². The minimum atomic E-state index is -0.740. The Kier molecular flexibility index (Phi) is 8.67. The van der Waals surface area contributed by atoms with Gasteiger partial charge in [-0.2, -0.15) is 0 Å². The van der Waals surface area contributed by atoms with E-state index in [1.54, 1.807) is 25.5 Å². The molecule has 1 aromatic heterocycles. The second-order valence-electron chi connectivity index (χ2n) is 6.06. The zero-order valence-electron chi connectivity index (χ0n) is 16.2. The first-order valence-corrected chi connectivity index (χ1v) is 9.09. The van der Waals surface area contributed by atoms with Gasteiger partial charge in [0.15, 0.2) is 5.96 Å². The van der Waals surface area contributed by atoms with Crippen molar-refractivity contribution in [3.63, 3.8) is 0 Å². The van der Waals surface area contributed by atoms with Crippen LogP contribution < -0.4 is 15.4 Å². The van der Waals surface area contributed by atoms with E-state index in [2.05, 4.69) is 15.6 Å². The van der Waals surface area contributed by atoms with Crippen LogP contribution in [0.2, 0.25) is 0 Å². The van der Waals surface area contributed by atoms with Crippen LogP contribution >= 0.6 is 0 Å². The molecule has 0 saturated heterocycles. The van der Waals surface area contributed by atoms with Gasteiger partial charge in [-0.3, -0.25) is 0 Å². The van der Waals surface area contributed by atoms with E-state index in [0.29, 0.717) is 44.6 Å². The average Bonchev–Trinajstić information content (AvgIpc) is 3.20. The maximum absolute atomic E-state index is 10.1. The largest absolute Gasteiger partial charge is 0.491 e. The number of methoxy groups -OCH3 is 1. The first kappa shape index (κ1) is 20.8. The van der Waals surface area contributed by atoms with Crippen molar-refractivity contribution in [2.75, 3.05) is 33.4 Å². The quantitative estimate of drug-likeness (QED) is 0.336. The molecular weight excluding hydrogens is 346 g/mol. The molecule has 7 heteroatoms. The molecule has 0 amide bonds. The van der Waals surface area contributed by atoms with E-state index in [1.807, 2.05) is 32.0 Å². The number of aliphatic hydroxyl groups excluding tert-OH is 1. The SMILES string of the molecule is CCNC(=NCc1ccc(C)cc1OCCOC)NCC(O)c1ccco1. The van der Waals surface area contributed by atoms with Gasteiger partial charge in [0.1, 0.15) is 24.2 Å². The summed E-state index contributed by atoms with van der Waals surface area (Å²) in [6, 6.07) is 9.55. The molecule has 2 rings (SSSR count). The Morgan fingerprint density at radius 2 is 2.11 bits per heavy atom. The molecular formula is C20H29N3O4. The third kappa shape index (κ3) is 6.96. The van der Waals surface area contributed by atoms with Gasteiger partial charge in [-0.25, -0.2) is 4.99 Å². The van der Waals surface area contributed by atoms with E-state index in [9.17, 15) is 5.11 Å². The highest BCUT2D eigenvalue weighted by molar-refractivity contribution is 5.79. The van der Waals surface area contributed by atoms with Gasteiger partial charge in [-0.15, -0.1) is 0 Å². The zero-order chi connectivity index (χ0) is 19.5. The molecule has 0 radical (unpaired) electrons. The van der Waals surface area contributed by atoms with Crippen molar-refractivity contribution in [3.05, 3.63) is 53.5 Å². The first-order valence-electron chi connectivity index (χ1n) is 9.09. The van der Waals surface area contributed by atoms with Crippen LogP contribution in [0.3, 0.4) is 0 Å². The number of guanidine groups is 1. The minimum Gasteiger partial charge on any atom is -0.491 e. The summed E-state index contributed by atoms with van der Waals surface area (Å²) in [5.41, 5.74) is 2.11. The van der Waals surface area contributed by atoms with Crippen molar-refractivity contribution in [1.29, 1.82) is 0 Å². The molecule has 0 aliphatic rings. The summed E-state index contributed by atoms with van der Waals surface area (Å²) < 4.78 is 16.1. The van der Waals surface area contributed by atoms with E-state index in [0.717, 1.165) is 16.9 Å². The molecule has 0 aliphatic heterocycles. The summed E-state index contributed by atoms with van der Waals surface area (Å²) in [5.74, 6) is 1.94. The van der Waals surface area contributed by atoms with Gasteiger partial charge in [0.05, 0.1) is 26.0 Å². The second kappa shape index (κ2) is 11.3. The van der Waals surface area contributed by atoms with Crippen LogP contribution in [0.4, 0.5) is 0 Å². The Balaban J connectivity index is 2.00. The Morgan fingerprint density at radius 3 is 2.81 bits per heavy atom. The van der Waals surface area contributed by atoms with Crippen LogP contribution in [0.1, 0.15) is 29.9 Å². The maximum Gasteiger partial charge on any atom is 0.191 e. The van der Waals surface area contributed by atoms with E-state index >= 15 is 0 Å². The average molecular weight is 375 g/mol. The van der Waals surface area contributed by atoms with E-state index < -0.39 is 6.10 Å². The number of furan rings is 1. The number of benzene rings is 1. The Morgan fingerprint density at radius 1 is 1.26 bits per heavy atom. The van der Waals surface area contributed by atoms with Gasteiger partial charge in [-0.1, -0.05) is 12.1 Å². The number of hydrogen-bond acceptors (Lipinski definition) is 5. The van der Waals surface area contributed by atoms with Crippen molar-refractivity contribution < 1.29 is 19.0 Å². The van der Waals surface area contributed by atoms with Gasteiger partial charge < -0.3 is 29.6 Å². The fourth-order valence-electron chi connectivity index (χ4n) is 2.44. The molecule has 0 aliphatic carbocycles. The summed E-state index contributed by atoms with van der Waals surface area (Å²) >= 11 is 0. The normalized spacial score (nSPS) is 12.7. The summed E-state index contributed by atoms with van der Waals surface area (Å²) in [7, 11) is 1.65. The zero-order valence-corrected chi connectivity index (χ0v) is 16.2. The third-order valence-corrected chi connectivity index (χ3v) is 3.85. The van der Waals surface area contributed by atoms with Crippen LogP contribution in [0, 0.1) is 6.92 Å². The highest BCUT2D eigenvalue weighted by Crippen LogP contribution is 2.21. The van der Waals surface area contributed by atoms with Crippen LogP contribution in [0.5, 0.6) is 5.75 Å². The van der Waals surface area contributed by atoms with Gasteiger partial charge in [0.2, 0.25) is 0 Å². The molecule has 1 unspecified atom stereocenters. The fourth-order valence-corrected chi connectivity index (χ4v) is 2.44. The molecule has 0 saturated carbocycles. The molecule has 1 atom stereocenters. The molecule has 0 bridgehead atoms. The third-order valence-electron chi connectivity index (χ3n) is 3.85. The monoisotopic (exact) mass is 375 g/mol. The molecule has 0 fully saturated rings. The van der Waals surface area contributed by atoms with Crippen molar-refractivity contribution in [2.45, 2.75) is 26.5 Å². The van der Waals surface area contributed by atoms with Gasteiger partial charge >= 0.3 is 0 Å². The lowest BCUT2D eigenvalue weighted by Crippen LogP contribution is -2.39. The predicted molar refractivity (Wildman–Crippen MR) is 105 cm³/mol. The number of aryl methyl sites for hydroxylation is 1. The summed E-state index contributed by atoms with van der Waals surface area (Å²) in [6.45, 7) is 6.51.